The fourth-order valence-electron chi connectivity index (χ4n) is 2.16. The normalized spacial score (nSPS) is 11.1. The van der Waals surface area contributed by atoms with Crippen molar-refractivity contribution >= 4 is 27.9 Å². The van der Waals surface area contributed by atoms with Gasteiger partial charge < -0.3 is 10.1 Å². The molecule has 1 aromatic carbocycles. The molecule has 1 rings (SSSR count). The van der Waals surface area contributed by atoms with Crippen molar-refractivity contribution in [3.8, 4) is 0 Å². The molecule has 0 atom stereocenters. The summed E-state index contributed by atoms with van der Waals surface area (Å²) in [6.07, 6.45) is 0.712. The van der Waals surface area contributed by atoms with Gasteiger partial charge in [-0.05, 0) is 24.6 Å². The average Bonchev–Trinajstić information content (AvgIpc) is 2.65. The van der Waals surface area contributed by atoms with Crippen LogP contribution in [0.3, 0.4) is 0 Å². The number of esters is 1. The summed E-state index contributed by atoms with van der Waals surface area (Å²) in [4.78, 5) is 35.0. The van der Waals surface area contributed by atoms with E-state index in [1.54, 1.807) is 13.8 Å². The largest absolute Gasteiger partial charge is 0.452 e. The van der Waals surface area contributed by atoms with Gasteiger partial charge >= 0.3 is 12.0 Å². The molecular formula is C17H25N3O6S. The van der Waals surface area contributed by atoms with Crippen LogP contribution < -0.4 is 10.6 Å². The molecule has 10 heteroatoms. The number of hydrogen-bond acceptors (Lipinski definition) is 6. The molecule has 27 heavy (non-hydrogen) atoms. The van der Waals surface area contributed by atoms with Crippen molar-refractivity contribution in [2.24, 2.45) is 0 Å². The minimum atomic E-state index is -3.72. The summed E-state index contributed by atoms with van der Waals surface area (Å²) in [6, 6.07) is 4.71. The smallest absolute Gasteiger partial charge is 0.338 e. The van der Waals surface area contributed by atoms with Gasteiger partial charge in [-0.2, -0.15) is 4.31 Å². The van der Waals surface area contributed by atoms with E-state index in [1.807, 2.05) is 12.2 Å². The van der Waals surface area contributed by atoms with Gasteiger partial charge in [0.1, 0.15) is 0 Å². The molecule has 2 N–H and O–H groups in total. The highest BCUT2D eigenvalue weighted by atomic mass is 32.2. The van der Waals surface area contributed by atoms with Crippen molar-refractivity contribution in [1.29, 1.82) is 0 Å². The summed E-state index contributed by atoms with van der Waals surface area (Å²) < 4.78 is 31.1. The number of sulfonamides is 1. The SMILES string of the molecule is CCCNC(=O)NC(=O)COC(=O)c1cccc(S(=O)(=O)N(CC)CC)c1. The third kappa shape index (κ3) is 6.65. The first kappa shape index (κ1) is 22.6. The predicted octanol–water partition coefficient (Wildman–Crippen LogP) is 1.11. The number of carbonyl (C=O) groups excluding carboxylic acids is 3. The highest BCUT2D eigenvalue weighted by molar-refractivity contribution is 7.89. The minimum Gasteiger partial charge on any atom is -0.452 e. The molecule has 1 aromatic rings. The highest BCUT2D eigenvalue weighted by Gasteiger charge is 2.23. The van der Waals surface area contributed by atoms with E-state index in [9.17, 15) is 22.8 Å². The van der Waals surface area contributed by atoms with Crippen molar-refractivity contribution in [1.82, 2.24) is 14.9 Å². The maximum atomic E-state index is 12.5. The Hall–Kier alpha value is -2.46. The van der Waals surface area contributed by atoms with Crippen molar-refractivity contribution in [3.63, 3.8) is 0 Å². The molecule has 0 saturated heterocycles. The second-order valence-corrected chi connectivity index (χ2v) is 7.44. The number of nitrogens with zero attached hydrogens (tertiary/aromatic N) is 1. The molecule has 0 aliphatic carbocycles. The van der Waals surface area contributed by atoms with E-state index in [4.69, 9.17) is 4.74 Å². The van der Waals surface area contributed by atoms with Crippen LogP contribution in [0.5, 0.6) is 0 Å². The van der Waals surface area contributed by atoms with Crippen LogP contribution in [0.1, 0.15) is 37.6 Å². The van der Waals surface area contributed by atoms with Crippen LogP contribution in [0.25, 0.3) is 0 Å². The Bertz CT molecular complexity index is 775. The number of hydrogen-bond donors (Lipinski definition) is 2. The van der Waals surface area contributed by atoms with Gasteiger partial charge in [-0.15, -0.1) is 0 Å². The Labute approximate surface area is 159 Å². The number of benzene rings is 1. The zero-order chi connectivity index (χ0) is 20.4. The monoisotopic (exact) mass is 399 g/mol. The lowest BCUT2D eigenvalue weighted by Gasteiger charge is -2.18. The summed E-state index contributed by atoms with van der Waals surface area (Å²) in [5, 5.41) is 4.46. The van der Waals surface area contributed by atoms with E-state index >= 15 is 0 Å². The summed E-state index contributed by atoms with van der Waals surface area (Å²) in [6.45, 7) is 5.64. The molecule has 0 saturated carbocycles. The third-order valence-electron chi connectivity index (χ3n) is 3.54. The highest BCUT2D eigenvalue weighted by Crippen LogP contribution is 2.17. The number of amides is 3. The van der Waals surface area contributed by atoms with E-state index in [1.165, 1.54) is 28.6 Å². The molecule has 0 aliphatic heterocycles. The van der Waals surface area contributed by atoms with Crippen molar-refractivity contribution in [2.45, 2.75) is 32.1 Å². The first-order valence-electron chi connectivity index (χ1n) is 8.61. The molecule has 0 fully saturated rings. The standard InChI is InChI=1S/C17H25N3O6S/c1-4-10-18-17(23)19-15(21)12-26-16(22)13-8-7-9-14(11-13)27(24,25)20(5-2)6-3/h7-9,11H,4-6,10,12H2,1-3H3,(H2,18,19,21,23). The Morgan fingerprint density at radius 2 is 1.78 bits per heavy atom. The van der Waals surface area contributed by atoms with E-state index in [-0.39, 0.29) is 10.5 Å². The molecule has 0 heterocycles. The molecule has 150 valence electrons. The maximum Gasteiger partial charge on any atom is 0.338 e. The van der Waals surface area contributed by atoms with Crippen LogP contribution >= 0.6 is 0 Å². The van der Waals surface area contributed by atoms with Gasteiger partial charge in [0.25, 0.3) is 5.91 Å². The molecule has 9 nitrogen and oxygen atoms in total. The fourth-order valence-corrected chi connectivity index (χ4v) is 3.66. The number of rotatable bonds is 9. The van der Waals surface area contributed by atoms with Gasteiger partial charge in [0.05, 0.1) is 10.5 Å². The topological polar surface area (TPSA) is 122 Å². The molecule has 0 radical (unpaired) electrons. The van der Waals surface area contributed by atoms with E-state index < -0.39 is 34.5 Å². The third-order valence-corrected chi connectivity index (χ3v) is 5.58. The van der Waals surface area contributed by atoms with Crippen LogP contribution in [0.2, 0.25) is 0 Å². The van der Waals surface area contributed by atoms with Crippen LogP contribution in [0.15, 0.2) is 29.2 Å². The first-order valence-corrected chi connectivity index (χ1v) is 10.0. The number of urea groups is 1. The fraction of sp³-hybridized carbons (Fsp3) is 0.471. The van der Waals surface area contributed by atoms with Gasteiger partial charge in [0.2, 0.25) is 10.0 Å². The zero-order valence-corrected chi connectivity index (χ0v) is 16.5. The minimum absolute atomic E-state index is 0.00790. The number of ether oxygens (including phenoxy) is 1. The van der Waals surface area contributed by atoms with E-state index in [2.05, 4.69) is 5.32 Å². The van der Waals surface area contributed by atoms with Crippen molar-refractivity contribution in [2.75, 3.05) is 26.2 Å². The van der Waals surface area contributed by atoms with Crippen LogP contribution in [-0.2, 0) is 19.6 Å². The van der Waals surface area contributed by atoms with Crippen molar-refractivity contribution in [3.05, 3.63) is 29.8 Å². The summed E-state index contributed by atoms with van der Waals surface area (Å²) >= 11 is 0. The van der Waals surface area contributed by atoms with Gasteiger partial charge in [0.15, 0.2) is 6.61 Å². The summed E-state index contributed by atoms with van der Waals surface area (Å²) in [7, 11) is -3.72. The van der Waals surface area contributed by atoms with Crippen LogP contribution in [0.4, 0.5) is 4.79 Å². The van der Waals surface area contributed by atoms with Crippen LogP contribution in [-0.4, -0.2) is 56.9 Å². The number of carbonyl (C=O) groups is 3. The first-order chi connectivity index (χ1) is 12.8. The lowest BCUT2D eigenvalue weighted by Crippen LogP contribution is -2.41. The quantitative estimate of drug-likeness (QED) is 0.600. The number of nitrogens with one attached hydrogen (secondary N) is 2. The van der Waals surface area contributed by atoms with Gasteiger partial charge in [-0.25, -0.2) is 18.0 Å². The van der Waals surface area contributed by atoms with E-state index in [0.717, 1.165) is 0 Å². The summed E-state index contributed by atoms with van der Waals surface area (Å²) in [5.41, 5.74) is -0.00790. The Morgan fingerprint density at radius 1 is 1.11 bits per heavy atom. The lowest BCUT2D eigenvalue weighted by atomic mass is 10.2. The molecule has 0 spiro atoms. The zero-order valence-electron chi connectivity index (χ0n) is 15.6. The number of imide groups is 1. The maximum absolute atomic E-state index is 12.5. The van der Waals surface area contributed by atoms with Gasteiger partial charge in [-0.3, -0.25) is 10.1 Å². The second-order valence-electron chi connectivity index (χ2n) is 5.50. The Morgan fingerprint density at radius 3 is 2.37 bits per heavy atom. The Balaban J connectivity index is 2.74. The molecule has 0 aromatic heterocycles. The van der Waals surface area contributed by atoms with Crippen LogP contribution in [0, 0.1) is 0 Å². The summed E-state index contributed by atoms with van der Waals surface area (Å²) in [5.74, 6) is -1.65. The molecular weight excluding hydrogens is 374 g/mol. The predicted molar refractivity (Wildman–Crippen MR) is 98.7 cm³/mol. The van der Waals surface area contributed by atoms with Gasteiger partial charge in [-0.1, -0.05) is 26.8 Å². The average molecular weight is 399 g/mol. The second kappa shape index (κ2) is 10.6. The van der Waals surface area contributed by atoms with Gasteiger partial charge in [0, 0.05) is 19.6 Å². The molecule has 0 unspecified atom stereocenters. The lowest BCUT2D eigenvalue weighted by molar-refractivity contribution is -0.123. The molecule has 3 amide bonds. The van der Waals surface area contributed by atoms with Crippen molar-refractivity contribution < 1.29 is 27.5 Å². The Kier molecular flexibility index (Phi) is 8.89. The molecule has 0 bridgehead atoms. The molecule has 0 aliphatic rings. The van der Waals surface area contributed by atoms with E-state index in [0.29, 0.717) is 26.1 Å².